The molecule has 2 fully saturated rings. The van der Waals surface area contributed by atoms with Gasteiger partial charge in [0.15, 0.2) is 0 Å². The molecule has 0 aromatic carbocycles. The molecule has 0 saturated carbocycles. The maximum absolute atomic E-state index is 13.5. The van der Waals surface area contributed by atoms with Gasteiger partial charge in [-0.1, -0.05) is 12.5 Å². The second kappa shape index (κ2) is 7.95. The van der Waals surface area contributed by atoms with Crippen LogP contribution in [0.3, 0.4) is 0 Å². The van der Waals surface area contributed by atoms with E-state index in [1.165, 1.54) is 31.5 Å². The summed E-state index contributed by atoms with van der Waals surface area (Å²) in [5.41, 5.74) is 2.30. The third-order valence-electron chi connectivity index (χ3n) is 6.76. The van der Waals surface area contributed by atoms with Gasteiger partial charge >= 0.3 is 0 Å². The number of fused-ring (bicyclic) bond motifs is 4. The first-order chi connectivity index (χ1) is 14.6. The Bertz CT molecular complexity index is 1010. The zero-order valence-corrected chi connectivity index (χ0v) is 17.1. The van der Waals surface area contributed by atoms with Gasteiger partial charge in [-0.25, -0.2) is 4.39 Å². The quantitative estimate of drug-likeness (QED) is 0.781. The third kappa shape index (κ3) is 3.67. The Kier molecular flexibility index (Phi) is 5.15. The number of hydrogen-bond donors (Lipinski definition) is 0. The molecule has 2 aromatic heterocycles. The van der Waals surface area contributed by atoms with Crippen molar-refractivity contribution in [1.29, 1.82) is 0 Å². The van der Waals surface area contributed by atoms with E-state index in [2.05, 4.69) is 16.0 Å². The lowest BCUT2D eigenvalue weighted by Gasteiger charge is -2.43. The number of amides is 1. The van der Waals surface area contributed by atoms with E-state index in [9.17, 15) is 14.0 Å². The molecule has 0 unspecified atom stereocenters. The van der Waals surface area contributed by atoms with Crippen molar-refractivity contribution in [2.75, 3.05) is 26.2 Å². The van der Waals surface area contributed by atoms with E-state index in [1.54, 1.807) is 4.90 Å². The Morgan fingerprint density at radius 3 is 2.73 bits per heavy atom. The van der Waals surface area contributed by atoms with Crippen LogP contribution in [-0.2, 0) is 13.1 Å². The predicted octanol–water partition coefficient (Wildman–Crippen LogP) is 2.63. The highest BCUT2D eigenvalue weighted by Crippen LogP contribution is 2.35. The fourth-order valence-electron chi connectivity index (χ4n) is 5.35. The summed E-state index contributed by atoms with van der Waals surface area (Å²) >= 11 is 0. The number of rotatable bonds is 3. The van der Waals surface area contributed by atoms with Gasteiger partial charge in [0.05, 0.1) is 11.8 Å². The molecule has 0 radical (unpaired) electrons. The van der Waals surface area contributed by atoms with Crippen molar-refractivity contribution in [2.45, 2.75) is 44.7 Å². The molecule has 7 heteroatoms. The van der Waals surface area contributed by atoms with Gasteiger partial charge < -0.3 is 9.47 Å². The van der Waals surface area contributed by atoms with Crippen molar-refractivity contribution in [1.82, 2.24) is 19.4 Å². The van der Waals surface area contributed by atoms with Crippen molar-refractivity contribution in [2.24, 2.45) is 5.92 Å². The Morgan fingerprint density at radius 1 is 1.10 bits per heavy atom. The molecule has 2 saturated heterocycles. The van der Waals surface area contributed by atoms with Crippen LogP contribution in [0.2, 0.25) is 0 Å². The highest BCUT2D eigenvalue weighted by molar-refractivity contribution is 5.94. The van der Waals surface area contributed by atoms with E-state index >= 15 is 0 Å². The molecule has 158 valence electrons. The SMILES string of the molecule is O=C(c1cncc(F)c1)N1C[C@@H]2C[C@H](C1)c1ccc(CN3CCCCC3)c(=O)n1C2. The summed E-state index contributed by atoms with van der Waals surface area (Å²) in [5.74, 6) is -0.310. The maximum Gasteiger partial charge on any atom is 0.255 e. The number of piperidine rings is 2. The molecule has 1 amide bonds. The average molecular weight is 410 g/mol. The van der Waals surface area contributed by atoms with Gasteiger partial charge in [-0.05, 0) is 50.4 Å². The first-order valence-electron chi connectivity index (χ1n) is 10.9. The van der Waals surface area contributed by atoms with Crippen LogP contribution in [0.4, 0.5) is 4.39 Å². The topological polar surface area (TPSA) is 58.4 Å². The number of carbonyl (C=O) groups excluding carboxylic acids is 1. The second-order valence-electron chi connectivity index (χ2n) is 8.94. The molecule has 2 aromatic rings. The van der Waals surface area contributed by atoms with E-state index in [1.807, 2.05) is 10.6 Å². The van der Waals surface area contributed by atoms with Gasteiger partial charge in [0.25, 0.3) is 11.5 Å². The molecule has 5 rings (SSSR count). The van der Waals surface area contributed by atoms with Gasteiger partial charge in [0.2, 0.25) is 0 Å². The van der Waals surface area contributed by atoms with E-state index in [-0.39, 0.29) is 28.9 Å². The first kappa shape index (κ1) is 19.4. The minimum Gasteiger partial charge on any atom is -0.338 e. The van der Waals surface area contributed by atoms with Gasteiger partial charge in [-0.15, -0.1) is 0 Å². The second-order valence-corrected chi connectivity index (χ2v) is 8.94. The summed E-state index contributed by atoms with van der Waals surface area (Å²) in [4.78, 5) is 34.1. The smallest absolute Gasteiger partial charge is 0.255 e. The van der Waals surface area contributed by atoms with Gasteiger partial charge in [-0.3, -0.25) is 19.5 Å². The molecule has 6 nitrogen and oxygen atoms in total. The summed E-state index contributed by atoms with van der Waals surface area (Å²) in [6.45, 7) is 4.65. The van der Waals surface area contributed by atoms with Crippen LogP contribution in [-0.4, -0.2) is 51.4 Å². The van der Waals surface area contributed by atoms with Crippen LogP contribution in [0.1, 0.15) is 53.2 Å². The van der Waals surface area contributed by atoms with Crippen LogP contribution >= 0.6 is 0 Å². The van der Waals surface area contributed by atoms with Crippen LogP contribution in [0.15, 0.2) is 35.4 Å². The van der Waals surface area contributed by atoms with Gasteiger partial charge in [0.1, 0.15) is 5.82 Å². The summed E-state index contributed by atoms with van der Waals surface area (Å²) < 4.78 is 15.4. The number of aromatic nitrogens is 2. The fourth-order valence-corrected chi connectivity index (χ4v) is 5.35. The van der Waals surface area contributed by atoms with E-state index in [0.29, 0.717) is 19.6 Å². The lowest BCUT2D eigenvalue weighted by molar-refractivity contribution is 0.0593. The number of pyridine rings is 2. The Balaban J connectivity index is 1.37. The fraction of sp³-hybridized carbons (Fsp3) is 0.522. The Morgan fingerprint density at radius 2 is 1.93 bits per heavy atom. The van der Waals surface area contributed by atoms with E-state index < -0.39 is 5.82 Å². The van der Waals surface area contributed by atoms with E-state index in [0.717, 1.165) is 43.5 Å². The minimum atomic E-state index is -0.504. The molecule has 0 N–H and O–H groups in total. The molecular weight excluding hydrogens is 383 g/mol. The van der Waals surface area contributed by atoms with Gasteiger partial charge in [-0.2, -0.15) is 0 Å². The normalized spacial score (nSPS) is 23.8. The highest BCUT2D eigenvalue weighted by Gasteiger charge is 2.37. The molecule has 5 heterocycles. The van der Waals surface area contributed by atoms with Crippen molar-refractivity contribution < 1.29 is 9.18 Å². The number of likely N-dealkylation sites (tertiary alicyclic amines) is 2. The van der Waals surface area contributed by atoms with Crippen LogP contribution in [0.5, 0.6) is 0 Å². The molecule has 0 aliphatic carbocycles. The molecule has 2 bridgehead atoms. The number of carbonyl (C=O) groups is 1. The summed E-state index contributed by atoms with van der Waals surface area (Å²) in [6.07, 6.45) is 7.20. The largest absolute Gasteiger partial charge is 0.338 e. The zero-order chi connectivity index (χ0) is 20.7. The van der Waals surface area contributed by atoms with Crippen LogP contribution in [0.25, 0.3) is 0 Å². The molecule has 3 aliphatic heterocycles. The van der Waals surface area contributed by atoms with E-state index in [4.69, 9.17) is 0 Å². The maximum atomic E-state index is 13.5. The van der Waals surface area contributed by atoms with Gasteiger partial charge in [0, 0.05) is 49.6 Å². The number of halogens is 1. The molecule has 0 spiro atoms. The summed E-state index contributed by atoms with van der Waals surface area (Å²) in [6, 6.07) is 5.31. The molecular formula is C23H27FN4O2. The predicted molar refractivity (Wildman–Crippen MR) is 111 cm³/mol. The number of nitrogens with zero attached hydrogens (tertiary/aromatic N) is 4. The monoisotopic (exact) mass is 410 g/mol. The van der Waals surface area contributed by atoms with Crippen molar-refractivity contribution in [3.8, 4) is 0 Å². The van der Waals surface area contributed by atoms with Crippen molar-refractivity contribution in [3.05, 3.63) is 63.6 Å². The van der Waals surface area contributed by atoms with Crippen LogP contribution in [0, 0.1) is 11.7 Å². The summed E-state index contributed by atoms with van der Waals surface area (Å²) in [5, 5.41) is 0. The average Bonchev–Trinajstić information content (AvgIpc) is 2.76. The van der Waals surface area contributed by atoms with Crippen molar-refractivity contribution in [3.63, 3.8) is 0 Å². The summed E-state index contributed by atoms with van der Waals surface area (Å²) in [7, 11) is 0. The highest BCUT2D eigenvalue weighted by atomic mass is 19.1. The van der Waals surface area contributed by atoms with Crippen molar-refractivity contribution >= 4 is 5.91 Å². The Labute approximate surface area is 175 Å². The standard InChI is InChI=1S/C23H27FN4O2/c24-20-9-18(10-25-11-20)22(29)27-12-16-8-19(15-27)21-5-4-17(23(30)28(21)13-16)14-26-6-2-1-3-7-26/h4-5,9-11,16,19H,1-3,6-8,12-15H2/t16-,19+/m0/s1. The lowest BCUT2D eigenvalue weighted by Crippen LogP contribution is -2.49. The van der Waals surface area contributed by atoms with Crippen LogP contribution < -0.4 is 5.56 Å². The Hall–Kier alpha value is -2.54. The third-order valence-corrected chi connectivity index (χ3v) is 6.76. The number of hydrogen-bond acceptors (Lipinski definition) is 4. The lowest BCUT2D eigenvalue weighted by atomic mass is 9.82. The first-order valence-corrected chi connectivity index (χ1v) is 10.9. The molecule has 2 atom stereocenters. The molecule has 30 heavy (non-hydrogen) atoms. The molecule has 3 aliphatic rings. The zero-order valence-electron chi connectivity index (χ0n) is 17.1. The minimum absolute atomic E-state index is 0.127.